The molecule has 0 aromatic heterocycles. The number of hydrogen-bond acceptors (Lipinski definition) is 5. The molecule has 1 unspecified atom stereocenters. The van der Waals surface area contributed by atoms with Gasteiger partial charge in [0.1, 0.15) is 5.75 Å². The molecule has 0 saturated carbocycles. The summed E-state index contributed by atoms with van der Waals surface area (Å²) in [5.74, 6) is -0.974. The molecule has 0 aliphatic carbocycles. The highest BCUT2D eigenvalue weighted by Crippen LogP contribution is 2.29. The predicted molar refractivity (Wildman–Crippen MR) is 132 cm³/mol. The van der Waals surface area contributed by atoms with E-state index in [1.165, 1.54) is 16.4 Å². The van der Waals surface area contributed by atoms with E-state index in [4.69, 9.17) is 4.74 Å². The van der Waals surface area contributed by atoms with Crippen LogP contribution >= 0.6 is 0 Å². The summed E-state index contributed by atoms with van der Waals surface area (Å²) in [5.41, 5.74) is 6.59. The second-order valence-electron chi connectivity index (χ2n) is 8.20. The number of ether oxygens (including phenoxy) is 1. The molecule has 1 heterocycles. The molecule has 3 aromatic rings. The summed E-state index contributed by atoms with van der Waals surface area (Å²) in [6, 6.07) is 25.2. The van der Waals surface area contributed by atoms with Gasteiger partial charge in [-0.15, -0.1) is 0 Å². The average Bonchev–Trinajstić information content (AvgIpc) is 2.91. The Morgan fingerprint density at radius 2 is 1.54 bits per heavy atom. The van der Waals surface area contributed by atoms with Gasteiger partial charge >= 0.3 is 0 Å². The lowest BCUT2D eigenvalue weighted by atomic mass is 9.99. The largest absolute Gasteiger partial charge is 0.483 e. The highest BCUT2D eigenvalue weighted by atomic mass is 32.2. The Labute approximate surface area is 204 Å². The fourth-order valence-corrected chi connectivity index (χ4v) is 5.52. The molecule has 8 nitrogen and oxygen atoms in total. The number of hydrogen-bond donors (Lipinski definition) is 2. The quantitative estimate of drug-likeness (QED) is 0.493. The molecule has 9 heteroatoms. The van der Waals surface area contributed by atoms with E-state index < -0.39 is 27.8 Å². The van der Waals surface area contributed by atoms with Crippen molar-refractivity contribution in [2.24, 2.45) is 5.92 Å². The third kappa shape index (κ3) is 6.06. The molecular formula is C26H27N3O5S. The van der Waals surface area contributed by atoms with Crippen LogP contribution in [0, 0.1) is 5.92 Å². The molecule has 1 aliphatic heterocycles. The topological polar surface area (TPSA) is 105 Å². The van der Waals surface area contributed by atoms with Crippen LogP contribution in [0.4, 0.5) is 0 Å². The van der Waals surface area contributed by atoms with Crippen molar-refractivity contribution in [1.29, 1.82) is 0 Å². The Bertz CT molecular complexity index is 1270. The van der Waals surface area contributed by atoms with Gasteiger partial charge in [0, 0.05) is 18.7 Å². The van der Waals surface area contributed by atoms with Crippen LogP contribution in [0.15, 0.2) is 89.8 Å². The van der Waals surface area contributed by atoms with Crippen LogP contribution in [-0.2, 0) is 19.6 Å². The molecule has 1 aliphatic rings. The van der Waals surface area contributed by atoms with E-state index in [2.05, 4.69) is 10.9 Å². The van der Waals surface area contributed by atoms with Gasteiger partial charge in [-0.05, 0) is 36.6 Å². The number of benzene rings is 3. The second kappa shape index (κ2) is 11.2. The molecule has 2 amide bonds. The van der Waals surface area contributed by atoms with Crippen LogP contribution in [0.5, 0.6) is 5.75 Å². The van der Waals surface area contributed by atoms with Gasteiger partial charge in [0.05, 0.1) is 10.8 Å². The second-order valence-corrected chi connectivity index (χ2v) is 10.1. The van der Waals surface area contributed by atoms with E-state index in [1.54, 1.807) is 24.3 Å². The molecule has 182 valence electrons. The van der Waals surface area contributed by atoms with Gasteiger partial charge in [-0.25, -0.2) is 8.42 Å². The number of hydrazine groups is 1. The van der Waals surface area contributed by atoms with E-state index in [1.807, 2.05) is 48.5 Å². The summed E-state index contributed by atoms with van der Waals surface area (Å²) in [7, 11) is -3.68. The SMILES string of the molecule is O=C(COc1ccccc1-c1ccccc1)NNC(=O)C1CCCN(S(=O)(=O)c2ccccc2)C1. The number of carbonyl (C=O) groups excluding carboxylic acids is 2. The lowest BCUT2D eigenvalue weighted by Gasteiger charge is -2.31. The minimum Gasteiger partial charge on any atom is -0.483 e. The number of sulfonamides is 1. The first-order chi connectivity index (χ1) is 16.9. The summed E-state index contributed by atoms with van der Waals surface area (Å²) in [5, 5.41) is 0. The smallest absolute Gasteiger partial charge is 0.276 e. The van der Waals surface area contributed by atoms with Crippen molar-refractivity contribution in [3.63, 3.8) is 0 Å². The average molecular weight is 494 g/mol. The molecule has 1 atom stereocenters. The minimum atomic E-state index is -3.68. The van der Waals surface area contributed by atoms with Gasteiger partial charge in [-0.2, -0.15) is 4.31 Å². The monoisotopic (exact) mass is 493 g/mol. The number of para-hydroxylation sites is 1. The first-order valence-electron chi connectivity index (χ1n) is 11.4. The number of carbonyl (C=O) groups is 2. The highest BCUT2D eigenvalue weighted by Gasteiger charge is 2.33. The predicted octanol–water partition coefficient (Wildman–Crippen LogP) is 2.98. The number of rotatable bonds is 7. The van der Waals surface area contributed by atoms with Crippen molar-refractivity contribution in [3.05, 3.63) is 84.9 Å². The van der Waals surface area contributed by atoms with E-state index in [9.17, 15) is 18.0 Å². The van der Waals surface area contributed by atoms with E-state index in [0.717, 1.165) is 11.1 Å². The van der Waals surface area contributed by atoms with E-state index in [-0.39, 0.29) is 18.0 Å². The summed E-state index contributed by atoms with van der Waals surface area (Å²) in [6.07, 6.45) is 1.08. The molecule has 0 bridgehead atoms. The van der Waals surface area contributed by atoms with Gasteiger partial charge in [0.25, 0.3) is 5.91 Å². The van der Waals surface area contributed by atoms with Gasteiger partial charge in [-0.3, -0.25) is 20.4 Å². The summed E-state index contributed by atoms with van der Waals surface area (Å²) >= 11 is 0. The number of nitrogens with zero attached hydrogens (tertiary/aromatic N) is 1. The Morgan fingerprint density at radius 3 is 2.29 bits per heavy atom. The van der Waals surface area contributed by atoms with Gasteiger partial charge < -0.3 is 4.74 Å². The van der Waals surface area contributed by atoms with E-state index in [0.29, 0.717) is 25.1 Å². The fourth-order valence-electron chi connectivity index (χ4n) is 3.98. The zero-order valence-corrected chi connectivity index (χ0v) is 19.9. The molecule has 2 N–H and O–H groups in total. The Kier molecular flexibility index (Phi) is 7.79. The third-order valence-electron chi connectivity index (χ3n) is 5.79. The van der Waals surface area contributed by atoms with Crippen LogP contribution < -0.4 is 15.6 Å². The molecular weight excluding hydrogens is 466 g/mol. The molecule has 3 aromatic carbocycles. The Morgan fingerprint density at radius 1 is 0.886 bits per heavy atom. The van der Waals surface area contributed by atoms with Crippen LogP contribution in [0.1, 0.15) is 12.8 Å². The first-order valence-corrected chi connectivity index (χ1v) is 12.8. The number of nitrogens with one attached hydrogen (secondary N) is 2. The Hall–Kier alpha value is -3.69. The highest BCUT2D eigenvalue weighted by molar-refractivity contribution is 7.89. The van der Waals surface area contributed by atoms with Crippen molar-refractivity contribution >= 4 is 21.8 Å². The van der Waals surface area contributed by atoms with Crippen LogP contribution in [0.2, 0.25) is 0 Å². The van der Waals surface area contributed by atoms with Crippen molar-refractivity contribution in [2.75, 3.05) is 19.7 Å². The Balaban J connectivity index is 1.29. The maximum Gasteiger partial charge on any atom is 0.276 e. The van der Waals surface area contributed by atoms with Crippen molar-refractivity contribution in [2.45, 2.75) is 17.7 Å². The summed E-state index contributed by atoms with van der Waals surface area (Å²) in [6.45, 7) is 0.116. The van der Waals surface area contributed by atoms with Gasteiger partial charge in [-0.1, -0.05) is 66.7 Å². The third-order valence-corrected chi connectivity index (χ3v) is 7.67. The first kappa shape index (κ1) is 24.4. The zero-order valence-electron chi connectivity index (χ0n) is 19.1. The fraction of sp³-hybridized carbons (Fsp3) is 0.231. The van der Waals surface area contributed by atoms with Crippen molar-refractivity contribution in [1.82, 2.24) is 15.2 Å². The number of amides is 2. The van der Waals surface area contributed by atoms with Crippen LogP contribution in [-0.4, -0.2) is 44.2 Å². The summed E-state index contributed by atoms with van der Waals surface area (Å²) < 4.78 is 32.8. The van der Waals surface area contributed by atoms with Crippen molar-refractivity contribution < 1.29 is 22.7 Å². The normalized spacial score (nSPS) is 16.3. The molecule has 0 radical (unpaired) electrons. The zero-order chi connectivity index (χ0) is 24.7. The van der Waals surface area contributed by atoms with Crippen LogP contribution in [0.25, 0.3) is 11.1 Å². The summed E-state index contributed by atoms with van der Waals surface area (Å²) in [4.78, 5) is 25.1. The minimum absolute atomic E-state index is 0.0554. The van der Waals surface area contributed by atoms with Crippen molar-refractivity contribution in [3.8, 4) is 16.9 Å². The van der Waals surface area contributed by atoms with Crippen LogP contribution in [0.3, 0.4) is 0 Å². The van der Waals surface area contributed by atoms with E-state index >= 15 is 0 Å². The van der Waals surface area contributed by atoms with Gasteiger partial charge in [0.2, 0.25) is 15.9 Å². The number of piperidine rings is 1. The maximum atomic E-state index is 12.9. The molecule has 1 saturated heterocycles. The maximum absolute atomic E-state index is 12.9. The van der Waals surface area contributed by atoms with Gasteiger partial charge in [0.15, 0.2) is 6.61 Å². The molecule has 1 fully saturated rings. The molecule has 35 heavy (non-hydrogen) atoms. The molecule has 0 spiro atoms. The standard InChI is InChI=1S/C26H27N3O5S/c30-25(19-34-24-16-8-7-15-23(24)20-10-3-1-4-11-20)27-28-26(31)21-12-9-17-29(18-21)35(32,33)22-13-5-2-6-14-22/h1-8,10-11,13-16,21H,9,12,17-19H2,(H,27,30)(H,28,31). The lowest BCUT2D eigenvalue weighted by molar-refractivity contribution is -0.132. The molecule has 4 rings (SSSR count). The lowest BCUT2D eigenvalue weighted by Crippen LogP contribution is -2.50.